The Morgan fingerprint density at radius 3 is 2.46 bits per heavy atom. The smallest absolute Gasteiger partial charge is 0.300 e. The molecule has 3 fully saturated rings. The van der Waals surface area contributed by atoms with E-state index in [9.17, 15) is 19.7 Å². The largest absolute Gasteiger partial charge is 0.383 e. The third kappa shape index (κ3) is 10.2. The number of hydrogen-bond acceptors (Lipinski definition) is 9. The number of nitrogens with zero attached hydrogens (tertiary/aromatic N) is 3. The first-order valence-electron chi connectivity index (χ1n) is 22.5. The molecule has 1 aromatic heterocycles. The van der Waals surface area contributed by atoms with Gasteiger partial charge in [-0.1, -0.05) is 72.0 Å². The first kappa shape index (κ1) is 43.0. The summed E-state index contributed by atoms with van der Waals surface area (Å²) in [5.41, 5.74) is 3.55. The van der Waals surface area contributed by atoms with Gasteiger partial charge in [-0.25, -0.2) is 4.63 Å². The van der Waals surface area contributed by atoms with Crippen molar-refractivity contribution in [3.05, 3.63) is 33.9 Å². The Kier molecular flexibility index (Phi) is 14.7. The van der Waals surface area contributed by atoms with Crippen molar-refractivity contribution < 1.29 is 19.1 Å². The average Bonchev–Trinajstić information content (AvgIpc) is 3.81. The predicted octanol–water partition coefficient (Wildman–Crippen LogP) is 9.12. The first-order valence-corrected chi connectivity index (χ1v) is 22.5. The fourth-order valence-electron chi connectivity index (χ4n) is 11.9. The lowest BCUT2D eigenvalue weighted by molar-refractivity contribution is -0.383. The summed E-state index contributed by atoms with van der Waals surface area (Å²) in [6.07, 6.45) is 21.6. The molecule has 3 saturated carbocycles. The highest BCUT2D eigenvalue weighted by Gasteiger charge is 2.59. The summed E-state index contributed by atoms with van der Waals surface area (Å²) >= 11 is 0. The van der Waals surface area contributed by atoms with Gasteiger partial charge >= 0.3 is 5.69 Å². The van der Waals surface area contributed by atoms with Gasteiger partial charge < -0.3 is 21.3 Å². The molecule has 0 saturated heterocycles. The minimum atomic E-state index is -0.513. The number of non-ortho nitro benzene ring substituents is 1. The summed E-state index contributed by atoms with van der Waals surface area (Å²) in [6.45, 7) is 15.1. The second-order valence-electron chi connectivity index (χ2n) is 19.1. The number of nitro benzene ring substituents is 1. The minimum Gasteiger partial charge on any atom is -0.383 e. The van der Waals surface area contributed by atoms with Gasteiger partial charge in [0.2, 0.25) is 17.3 Å². The molecule has 57 heavy (non-hydrogen) atoms. The van der Waals surface area contributed by atoms with Crippen molar-refractivity contribution in [1.82, 2.24) is 26.3 Å². The first-order chi connectivity index (χ1) is 27.4. The number of rotatable bonds is 21. The van der Waals surface area contributed by atoms with Crippen LogP contribution in [0.5, 0.6) is 0 Å². The Bertz CT molecular complexity index is 1710. The number of nitrogens with one attached hydrogen (secondary N) is 4. The van der Waals surface area contributed by atoms with E-state index in [1.807, 2.05) is 0 Å². The van der Waals surface area contributed by atoms with Crippen LogP contribution in [0.1, 0.15) is 144 Å². The summed E-state index contributed by atoms with van der Waals surface area (Å²) in [4.78, 5) is 35.4. The van der Waals surface area contributed by atoms with Gasteiger partial charge in [0.1, 0.15) is 0 Å². The lowest BCUT2D eigenvalue weighted by atomic mass is 9.47. The zero-order valence-corrected chi connectivity index (χ0v) is 35.5. The van der Waals surface area contributed by atoms with Gasteiger partial charge in [0, 0.05) is 44.6 Å². The Labute approximate surface area is 340 Å². The molecule has 1 aromatic carbocycles. The molecule has 12 nitrogen and oxygen atoms in total. The maximum Gasteiger partial charge on any atom is 0.300 e. The normalized spacial score (nSPS) is 28.6. The van der Waals surface area contributed by atoms with E-state index in [4.69, 9.17) is 4.63 Å². The molecule has 316 valence electrons. The Hall–Kier alpha value is -3.54. The van der Waals surface area contributed by atoms with Crippen molar-refractivity contribution in [3.63, 3.8) is 0 Å². The lowest BCUT2D eigenvalue weighted by Gasteiger charge is -2.58. The van der Waals surface area contributed by atoms with Gasteiger partial charge in [-0.3, -0.25) is 19.7 Å². The van der Waals surface area contributed by atoms with Crippen LogP contribution in [0.25, 0.3) is 11.0 Å². The summed E-state index contributed by atoms with van der Waals surface area (Å²) in [6, 6.07) is 3.51. The van der Waals surface area contributed by atoms with E-state index in [0.29, 0.717) is 54.1 Å². The third-order valence-corrected chi connectivity index (χ3v) is 15.1. The van der Waals surface area contributed by atoms with Crippen molar-refractivity contribution in [2.75, 3.05) is 31.5 Å². The average molecular weight is 790 g/mol. The molecular formula is C45H71N7O5. The molecule has 4 aliphatic rings. The highest BCUT2D eigenvalue weighted by atomic mass is 16.6. The van der Waals surface area contributed by atoms with Crippen LogP contribution in [0.4, 0.5) is 11.4 Å². The lowest BCUT2D eigenvalue weighted by Crippen LogP contribution is -2.51. The van der Waals surface area contributed by atoms with Gasteiger partial charge in [0.25, 0.3) is 0 Å². The summed E-state index contributed by atoms with van der Waals surface area (Å²) in [7, 11) is 0. The number of nitro groups is 1. The summed E-state index contributed by atoms with van der Waals surface area (Å²) < 4.78 is 4.70. The molecule has 4 aliphatic carbocycles. The fourth-order valence-corrected chi connectivity index (χ4v) is 11.9. The van der Waals surface area contributed by atoms with E-state index in [-0.39, 0.29) is 29.4 Å². The molecule has 12 heteroatoms. The van der Waals surface area contributed by atoms with E-state index in [1.54, 1.807) is 11.6 Å². The van der Waals surface area contributed by atoms with Gasteiger partial charge in [0.05, 0.1) is 10.6 Å². The van der Waals surface area contributed by atoms with Crippen molar-refractivity contribution >= 4 is 34.2 Å². The molecule has 8 atom stereocenters. The number of carbonyl (C=O) groups excluding carboxylic acids is 2. The minimum absolute atomic E-state index is 0.0304. The maximum atomic E-state index is 12.4. The number of amides is 2. The number of aromatic nitrogens is 2. The van der Waals surface area contributed by atoms with Crippen LogP contribution >= 0.6 is 0 Å². The van der Waals surface area contributed by atoms with Crippen LogP contribution in [0.3, 0.4) is 0 Å². The molecule has 0 aliphatic heterocycles. The molecular weight excluding hydrogens is 719 g/mol. The molecule has 0 bridgehead atoms. The zero-order chi connectivity index (χ0) is 40.6. The molecule has 0 spiro atoms. The monoisotopic (exact) mass is 790 g/mol. The molecule has 1 heterocycles. The van der Waals surface area contributed by atoms with Crippen LogP contribution in [0.2, 0.25) is 0 Å². The highest BCUT2D eigenvalue weighted by molar-refractivity contribution is 5.93. The molecule has 2 aromatic rings. The third-order valence-electron chi connectivity index (χ3n) is 15.1. The Balaban J connectivity index is 0.808. The van der Waals surface area contributed by atoms with E-state index in [2.05, 4.69) is 72.3 Å². The van der Waals surface area contributed by atoms with Gasteiger partial charge in [-0.05, 0) is 140 Å². The zero-order valence-electron chi connectivity index (χ0n) is 35.5. The van der Waals surface area contributed by atoms with Crippen LogP contribution in [0, 0.1) is 56.5 Å². The van der Waals surface area contributed by atoms with Gasteiger partial charge in [-0.15, -0.1) is 0 Å². The maximum absolute atomic E-state index is 12.4. The van der Waals surface area contributed by atoms with Crippen molar-refractivity contribution in [2.24, 2.45) is 46.3 Å². The fraction of sp³-hybridized carbons (Fsp3) is 0.778. The van der Waals surface area contributed by atoms with Gasteiger partial charge in [0.15, 0.2) is 5.52 Å². The number of hydrogen-bond donors (Lipinski definition) is 4. The van der Waals surface area contributed by atoms with E-state index in [1.165, 1.54) is 76.7 Å². The Morgan fingerprint density at radius 1 is 0.860 bits per heavy atom. The highest BCUT2D eigenvalue weighted by Crippen LogP contribution is 2.67. The summed E-state index contributed by atoms with van der Waals surface area (Å²) in [5, 5.41) is 31.5. The van der Waals surface area contributed by atoms with Crippen molar-refractivity contribution in [3.8, 4) is 0 Å². The molecule has 3 unspecified atom stereocenters. The number of unbranched alkanes of at least 4 members (excludes halogenated alkanes) is 2. The molecule has 0 radical (unpaired) electrons. The van der Waals surface area contributed by atoms with Crippen LogP contribution in [-0.4, -0.2) is 59.3 Å². The summed E-state index contributed by atoms with van der Waals surface area (Å²) in [5.74, 6) is 5.14. The second kappa shape index (κ2) is 19.5. The molecule has 4 N–H and O–H groups in total. The molecule has 2 amide bonds. The number of allylic oxidation sites excluding steroid dienone is 1. The topological polar surface area (TPSA) is 164 Å². The standard InChI is InChI=1S/C45H71N7O5/c1-30(2)11-9-12-31(3)35-16-17-36-34-15-14-32-29-33(20-23-44(32,4)37(34)21-24-45(35,36)5)46-26-10-27-48-41(54)22-28-49-40(53)13-7-6-8-25-47-38-18-19-39(52(55)56)43-42(38)50-57-51-43/h14,18-19,30-31,33-37,46-47H,6-13,15-17,20-29H2,1-5H3,(H,48,54)(H,49,53)/t31-,33+,34?,35-,36?,37?,44+,45-/m1/s1. The SMILES string of the molecule is CC(C)CCC[C@@H](C)[C@H]1CCC2C3CC=C4C[C@@H](NCCCNC(=O)CCNC(=O)CCCCCNc5ccc([N+](=O)[O-])c6nonc56)CC[C@]4(C)C3CC[C@@]21C. The van der Waals surface area contributed by atoms with Crippen LogP contribution in [-0.2, 0) is 9.59 Å². The number of benzene rings is 1. The predicted molar refractivity (Wildman–Crippen MR) is 226 cm³/mol. The second-order valence-corrected chi connectivity index (χ2v) is 19.1. The van der Waals surface area contributed by atoms with E-state index >= 15 is 0 Å². The van der Waals surface area contributed by atoms with Crippen molar-refractivity contribution in [2.45, 2.75) is 150 Å². The number of carbonyl (C=O) groups is 2. The van der Waals surface area contributed by atoms with Crippen molar-refractivity contribution in [1.29, 1.82) is 0 Å². The van der Waals surface area contributed by atoms with Crippen LogP contribution < -0.4 is 21.3 Å². The number of anilines is 1. The Morgan fingerprint density at radius 2 is 1.65 bits per heavy atom. The quantitative estimate of drug-likeness (QED) is 0.0418. The van der Waals surface area contributed by atoms with E-state index < -0.39 is 4.92 Å². The van der Waals surface area contributed by atoms with Gasteiger partial charge in [-0.2, -0.15) is 0 Å². The number of fused-ring (bicyclic) bond motifs is 6. The van der Waals surface area contributed by atoms with E-state index in [0.717, 1.165) is 67.7 Å². The molecule has 6 rings (SSSR count). The van der Waals surface area contributed by atoms with Crippen LogP contribution in [0.15, 0.2) is 28.4 Å².